The number of hydrogen-bond acceptors (Lipinski definition) is 1. The largest absolute Gasteiger partial charge is 0.307 e. The Kier molecular flexibility index (Phi) is 3.29. The van der Waals surface area contributed by atoms with Gasteiger partial charge in [0.05, 0.1) is 0 Å². The fourth-order valence-electron chi connectivity index (χ4n) is 2.81. The Bertz CT molecular complexity index is 336. The van der Waals surface area contributed by atoms with Crippen LogP contribution in [0.4, 0.5) is 4.39 Å². The number of halogens is 1. The van der Waals surface area contributed by atoms with E-state index in [1.165, 1.54) is 12.0 Å². The maximum atomic E-state index is 12.9. The van der Waals surface area contributed by atoms with E-state index in [0.717, 1.165) is 19.4 Å². The number of benzene rings is 1. The molecule has 1 nitrogen and oxygen atoms in total. The Morgan fingerprint density at radius 2 is 2.00 bits per heavy atom. The number of nitrogens with one attached hydrogen (secondary N) is 1. The lowest BCUT2D eigenvalue weighted by Crippen LogP contribution is -2.38. The molecule has 1 aromatic rings. The van der Waals surface area contributed by atoms with Crippen LogP contribution in [-0.4, -0.2) is 6.54 Å². The van der Waals surface area contributed by atoms with E-state index < -0.39 is 0 Å². The minimum absolute atomic E-state index is 0.0852. The Labute approximate surface area is 97.1 Å². The highest BCUT2D eigenvalue weighted by Crippen LogP contribution is 2.36. The van der Waals surface area contributed by atoms with Gasteiger partial charge in [-0.1, -0.05) is 26.0 Å². The molecule has 88 valence electrons. The van der Waals surface area contributed by atoms with E-state index >= 15 is 0 Å². The van der Waals surface area contributed by atoms with E-state index in [4.69, 9.17) is 0 Å². The van der Waals surface area contributed by atoms with Gasteiger partial charge in [0.25, 0.3) is 0 Å². The van der Waals surface area contributed by atoms with Crippen molar-refractivity contribution in [3.8, 4) is 0 Å². The lowest BCUT2D eigenvalue weighted by Gasteiger charge is -2.32. The molecular formula is C14H20FN. The minimum atomic E-state index is -0.151. The first kappa shape index (κ1) is 11.6. The van der Waals surface area contributed by atoms with Crippen LogP contribution in [0.5, 0.6) is 0 Å². The van der Waals surface area contributed by atoms with E-state index in [1.54, 1.807) is 12.1 Å². The molecule has 0 aromatic heterocycles. The molecule has 1 aliphatic rings. The maximum Gasteiger partial charge on any atom is 0.123 e. The fraction of sp³-hybridized carbons (Fsp3) is 0.571. The molecule has 2 heteroatoms. The van der Waals surface area contributed by atoms with Gasteiger partial charge in [-0.2, -0.15) is 0 Å². The molecule has 1 aliphatic heterocycles. The molecule has 0 radical (unpaired) electrons. The molecule has 0 saturated carbocycles. The van der Waals surface area contributed by atoms with E-state index in [0.29, 0.717) is 5.92 Å². The Morgan fingerprint density at radius 3 is 2.50 bits per heavy atom. The molecule has 0 bridgehead atoms. The van der Waals surface area contributed by atoms with E-state index in [9.17, 15) is 4.39 Å². The van der Waals surface area contributed by atoms with Crippen molar-refractivity contribution in [1.29, 1.82) is 0 Å². The third-order valence-corrected chi connectivity index (χ3v) is 3.40. The smallest absolute Gasteiger partial charge is 0.123 e. The van der Waals surface area contributed by atoms with E-state index in [2.05, 4.69) is 19.2 Å². The molecule has 2 rings (SSSR count). The molecule has 1 N–H and O–H groups in total. The first-order valence-corrected chi connectivity index (χ1v) is 6.13. The topological polar surface area (TPSA) is 12.0 Å². The highest BCUT2D eigenvalue weighted by Gasteiger charge is 2.35. The molecule has 1 heterocycles. The van der Waals surface area contributed by atoms with Crippen molar-refractivity contribution in [2.45, 2.75) is 38.6 Å². The molecule has 1 atom stereocenters. The van der Waals surface area contributed by atoms with Gasteiger partial charge in [-0.05, 0) is 49.4 Å². The molecule has 16 heavy (non-hydrogen) atoms. The van der Waals surface area contributed by atoms with Crippen LogP contribution >= 0.6 is 0 Å². The van der Waals surface area contributed by atoms with Crippen LogP contribution in [0.3, 0.4) is 0 Å². The minimum Gasteiger partial charge on any atom is -0.307 e. The third-order valence-electron chi connectivity index (χ3n) is 3.40. The normalized spacial score (nSPS) is 25.2. The summed E-state index contributed by atoms with van der Waals surface area (Å²) in [6, 6.07) is 6.99. The second-order valence-electron chi connectivity index (χ2n) is 5.22. The van der Waals surface area contributed by atoms with Crippen molar-refractivity contribution in [2.24, 2.45) is 5.92 Å². The predicted molar refractivity (Wildman–Crippen MR) is 64.8 cm³/mol. The Morgan fingerprint density at radius 1 is 1.31 bits per heavy atom. The van der Waals surface area contributed by atoms with Gasteiger partial charge < -0.3 is 5.32 Å². The monoisotopic (exact) mass is 221 g/mol. The van der Waals surface area contributed by atoms with Crippen molar-refractivity contribution in [2.75, 3.05) is 6.54 Å². The van der Waals surface area contributed by atoms with E-state index in [1.807, 2.05) is 12.1 Å². The molecule has 0 spiro atoms. The average molecular weight is 221 g/mol. The lowest BCUT2D eigenvalue weighted by molar-refractivity contribution is 0.310. The summed E-state index contributed by atoms with van der Waals surface area (Å²) < 4.78 is 12.9. The summed E-state index contributed by atoms with van der Waals surface area (Å²) in [5.41, 5.74) is 1.32. The van der Waals surface area contributed by atoms with Crippen molar-refractivity contribution < 1.29 is 4.39 Å². The zero-order valence-corrected chi connectivity index (χ0v) is 10.1. The summed E-state index contributed by atoms with van der Waals surface area (Å²) >= 11 is 0. The molecule has 1 unspecified atom stereocenters. The van der Waals surface area contributed by atoms with Gasteiger partial charge in [0, 0.05) is 5.54 Å². The van der Waals surface area contributed by atoms with Gasteiger partial charge in [-0.3, -0.25) is 0 Å². The molecular weight excluding hydrogens is 201 g/mol. The summed E-state index contributed by atoms with van der Waals surface area (Å²) in [5, 5.41) is 3.61. The fourth-order valence-corrected chi connectivity index (χ4v) is 2.81. The predicted octanol–water partition coefficient (Wildman–Crippen LogP) is 3.45. The van der Waals surface area contributed by atoms with Crippen LogP contribution in [0.25, 0.3) is 0 Å². The molecule has 0 aliphatic carbocycles. The summed E-state index contributed by atoms with van der Waals surface area (Å²) in [6.45, 7) is 5.56. The van der Waals surface area contributed by atoms with Crippen molar-refractivity contribution >= 4 is 0 Å². The first-order chi connectivity index (χ1) is 7.62. The highest BCUT2D eigenvalue weighted by molar-refractivity contribution is 5.26. The average Bonchev–Trinajstić information content (AvgIpc) is 2.67. The van der Waals surface area contributed by atoms with Crippen LogP contribution in [-0.2, 0) is 5.54 Å². The Hall–Kier alpha value is -0.890. The summed E-state index contributed by atoms with van der Waals surface area (Å²) in [5.74, 6) is 0.497. The van der Waals surface area contributed by atoms with Crippen LogP contribution in [0, 0.1) is 11.7 Å². The lowest BCUT2D eigenvalue weighted by atomic mass is 9.81. The highest BCUT2D eigenvalue weighted by atomic mass is 19.1. The van der Waals surface area contributed by atoms with Crippen molar-refractivity contribution in [1.82, 2.24) is 5.32 Å². The quantitative estimate of drug-likeness (QED) is 0.824. The van der Waals surface area contributed by atoms with Gasteiger partial charge in [0.2, 0.25) is 0 Å². The zero-order valence-electron chi connectivity index (χ0n) is 10.1. The van der Waals surface area contributed by atoms with Gasteiger partial charge in [0.1, 0.15) is 5.82 Å². The van der Waals surface area contributed by atoms with Crippen LogP contribution < -0.4 is 5.32 Å². The molecule has 1 aromatic carbocycles. The second kappa shape index (κ2) is 4.54. The molecule has 1 fully saturated rings. The van der Waals surface area contributed by atoms with Gasteiger partial charge in [0.15, 0.2) is 0 Å². The molecule has 1 saturated heterocycles. The summed E-state index contributed by atoms with van der Waals surface area (Å²) in [7, 11) is 0. The van der Waals surface area contributed by atoms with Gasteiger partial charge in [-0.15, -0.1) is 0 Å². The van der Waals surface area contributed by atoms with Crippen LogP contribution in [0.2, 0.25) is 0 Å². The number of rotatable bonds is 3. The van der Waals surface area contributed by atoms with Crippen LogP contribution in [0.15, 0.2) is 24.3 Å². The Balaban J connectivity index is 2.28. The van der Waals surface area contributed by atoms with Gasteiger partial charge >= 0.3 is 0 Å². The van der Waals surface area contributed by atoms with Crippen molar-refractivity contribution in [3.63, 3.8) is 0 Å². The van der Waals surface area contributed by atoms with Crippen molar-refractivity contribution in [3.05, 3.63) is 35.6 Å². The SMILES string of the molecule is CC(C)CC1(c2ccc(F)cc2)CCCN1. The van der Waals surface area contributed by atoms with Gasteiger partial charge in [-0.25, -0.2) is 4.39 Å². The standard InChI is InChI=1S/C14H20FN/c1-11(2)10-14(8-3-9-16-14)12-4-6-13(15)7-5-12/h4-7,11,16H,3,8-10H2,1-2H3. The summed E-state index contributed by atoms with van der Waals surface area (Å²) in [4.78, 5) is 0. The van der Waals surface area contributed by atoms with E-state index in [-0.39, 0.29) is 11.4 Å². The second-order valence-corrected chi connectivity index (χ2v) is 5.22. The molecule has 0 amide bonds. The number of hydrogen-bond donors (Lipinski definition) is 1. The first-order valence-electron chi connectivity index (χ1n) is 6.13. The maximum absolute atomic E-state index is 12.9. The zero-order chi connectivity index (χ0) is 11.6. The third kappa shape index (κ3) is 2.27. The van der Waals surface area contributed by atoms with Crippen LogP contribution in [0.1, 0.15) is 38.7 Å². The summed E-state index contributed by atoms with van der Waals surface area (Å²) in [6.07, 6.45) is 3.50.